The molecule has 0 fully saturated rings. The van der Waals surface area contributed by atoms with Gasteiger partial charge in [0.2, 0.25) is 0 Å². The largest absolute Gasteiger partial charge is 0.481 e. The van der Waals surface area contributed by atoms with Crippen molar-refractivity contribution in [3.05, 3.63) is 30.2 Å². The van der Waals surface area contributed by atoms with Crippen LogP contribution in [0.15, 0.2) is 24.5 Å². The summed E-state index contributed by atoms with van der Waals surface area (Å²) in [6.07, 6.45) is 4.09. The molecule has 2 aromatic heterocycles. The summed E-state index contributed by atoms with van der Waals surface area (Å²) in [4.78, 5) is 13.5. The zero-order valence-electron chi connectivity index (χ0n) is 8.03. The maximum Gasteiger partial charge on any atom is 0.303 e. The highest BCUT2D eigenvalue weighted by Crippen LogP contribution is 2.20. The van der Waals surface area contributed by atoms with Crippen LogP contribution in [0, 0.1) is 0 Å². The molecule has 5 heteroatoms. The number of carboxylic acid groups (broad SMARTS) is 1. The molecule has 5 nitrogen and oxygen atoms in total. The lowest BCUT2D eigenvalue weighted by molar-refractivity contribution is -0.136. The van der Waals surface area contributed by atoms with Crippen LogP contribution in [0.4, 0.5) is 0 Å². The number of nitrogens with zero attached hydrogens (tertiary/aromatic N) is 1. The van der Waals surface area contributed by atoms with E-state index in [4.69, 9.17) is 5.11 Å². The molecule has 0 saturated carbocycles. The van der Waals surface area contributed by atoms with Crippen LogP contribution in [0.2, 0.25) is 0 Å². The van der Waals surface area contributed by atoms with Crippen molar-refractivity contribution >= 4 is 5.97 Å². The number of carboxylic acids is 1. The minimum Gasteiger partial charge on any atom is -0.481 e. The van der Waals surface area contributed by atoms with Gasteiger partial charge < -0.3 is 10.1 Å². The SMILES string of the molecule is O=C(O)CCc1[nH]ncc1-c1ccc[nH]1. The van der Waals surface area contributed by atoms with Gasteiger partial charge in [0.1, 0.15) is 0 Å². The topological polar surface area (TPSA) is 81.8 Å². The van der Waals surface area contributed by atoms with Gasteiger partial charge in [-0.25, -0.2) is 0 Å². The van der Waals surface area contributed by atoms with E-state index in [2.05, 4.69) is 15.2 Å². The maximum absolute atomic E-state index is 10.5. The number of hydrogen-bond acceptors (Lipinski definition) is 2. The Morgan fingerprint density at radius 1 is 1.53 bits per heavy atom. The molecule has 0 aliphatic carbocycles. The summed E-state index contributed by atoms with van der Waals surface area (Å²) in [6, 6.07) is 3.82. The number of aromatic amines is 2. The Bertz CT molecular complexity index is 445. The van der Waals surface area contributed by atoms with Crippen molar-refractivity contribution in [2.45, 2.75) is 12.8 Å². The number of hydrogen-bond donors (Lipinski definition) is 3. The normalized spacial score (nSPS) is 10.4. The predicted octanol–water partition coefficient (Wildman–Crippen LogP) is 1.42. The molecule has 2 aromatic rings. The van der Waals surface area contributed by atoms with E-state index in [1.54, 1.807) is 6.20 Å². The molecule has 0 radical (unpaired) electrons. The lowest BCUT2D eigenvalue weighted by atomic mass is 10.1. The van der Waals surface area contributed by atoms with Gasteiger partial charge in [-0.2, -0.15) is 5.10 Å². The fourth-order valence-corrected chi connectivity index (χ4v) is 1.47. The van der Waals surface area contributed by atoms with Crippen molar-refractivity contribution in [2.24, 2.45) is 0 Å². The van der Waals surface area contributed by atoms with E-state index in [9.17, 15) is 4.79 Å². The molecule has 0 aliphatic rings. The predicted molar refractivity (Wildman–Crippen MR) is 54.3 cm³/mol. The van der Waals surface area contributed by atoms with Gasteiger partial charge in [0.15, 0.2) is 0 Å². The quantitative estimate of drug-likeness (QED) is 0.706. The van der Waals surface area contributed by atoms with Crippen LogP contribution in [-0.4, -0.2) is 26.3 Å². The Hall–Kier alpha value is -2.04. The summed E-state index contributed by atoms with van der Waals surface area (Å²) in [5, 5.41) is 15.3. The van der Waals surface area contributed by atoms with E-state index in [1.165, 1.54) is 0 Å². The summed E-state index contributed by atoms with van der Waals surface area (Å²) in [7, 11) is 0. The second kappa shape index (κ2) is 4.00. The number of rotatable bonds is 4. The number of aliphatic carboxylic acids is 1. The highest BCUT2D eigenvalue weighted by molar-refractivity contribution is 5.68. The van der Waals surface area contributed by atoms with Crippen LogP contribution in [-0.2, 0) is 11.2 Å². The molecule has 3 N–H and O–H groups in total. The fraction of sp³-hybridized carbons (Fsp3) is 0.200. The van der Waals surface area contributed by atoms with Gasteiger partial charge in [0.05, 0.1) is 12.6 Å². The standard InChI is InChI=1S/C10H11N3O2/c14-10(15)4-3-9-7(6-12-13-9)8-2-1-5-11-8/h1-2,5-6,11H,3-4H2,(H,12,13)(H,14,15). The first-order chi connectivity index (χ1) is 7.27. The third kappa shape index (κ3) is 2.07. The molecular formula is C10H11N3O2. The molecule has 15 heavy (non-hydrogen) atoms. The minimum absolute atomic E-state index is 0.107. The third-order valence-electron chi connectivity index (χ3n) is 2.20. The van der Waals surface area contributed by atoms with Crippen molar-refractivity contribution in [2.75, 3.05) is 0 Å². The van der Waals surface area contributed by atoms with Crippen molar-refractivity contribution in [1.82, 2.24) is 15.2 Å². The Labute approximate surface area is 86.1 Å². The van der Waals surface area contributed by atoms with E-state index >= 15 is 0 Å². The van der Waals surface area contributed by atoms with Gasteiger partial charge in [-0.3, -0.25) is 9.89 Å². The molecule has 0 saturated heterocycles. The molecular weight excluding hydrogens is 194 g/mol. The number of aryl methyl sites for hydroxylation is 1. The highest BCUT2D eigenvalue weighted by Gasteiger charge is 2.09. The van der Waals surface area contributed by atoms with Crippen molar-refractivity contribution in [1.29, 1.82) is 0 Å². The van der Waals surface area contributed by atoms with Gasteiger partial charge in [0.25, 0.3) is 0 Å². The highest BCUT2D eigenvalue weighted by atomic mass is 16.4. The molecule has 0 aliphatic heterocycles. The Morgan fingerprint density at radius 3 is 3.07 bits per heavy atom. The number of nitrogens with one attached hydrogen (secondary N) is 2. The lowest BCUT2D eigenvalue weighted by Gasteiger charge is -1.98. The van der Waals surface area contributed by atoms with Crippen LogP contribution in [0.5, 0.6) is 0 Å². The van der Waals surface area contributed by atoms with E-state index in [0.29, 0.717) is 6.42 Å². The van der Waals surface area contributed by atoms with E-state index in [-0.39, 0.29) is 6.42 Å². The third-order valence-corrected chi connectivity index (χ3v) is 2.20. The van der Waals surface area contributed by atoms with Crippen LogP contribution in [0.25, 0.3) is 11.3 Å². The average Bonchev–Trinajstić information content (AvgIpc) is 2.85. The summed E-state index contributed by atoms with van der Waals surface area (Å²) in [5.41, 5.74) is 2.73. The molecule has 0 atom stereocenters. The number of carbonyl (C=O) groups is 1. The molecule has 2 rings (SSSR count). The molecule has 2 heterocycles. The van der Waals surface area contributed by atoms with Gasteiger partial charge in [-0.05, 0) is 12.1 Å². The second-order valence-corrected chi connectivity index (χ2v) is 3.24. The fourth-order valence-electron chi connectivity index (χ4n) is 1.47. The zero-order valence-corrected chi connectivity index (χ0v) is 8.03. The molecule has 0 unspecified atom stereocenters. The smallest absolute Gasteiger partial charge is 0.303 e. The summed E-state index contributed by atoms with van der Waals surface area (Å²) < 4.78 is 0. The van der Waals surface area contributed by atoms with Gasteiger partial charge in [-0.1, -0.05) is 0 Å². The molecule has 0 bridgehead atoms. The van der Waals surface area contributed by atoms with Gasteiger partial charge >= 0.3 is 5.97 Å². The van der Waals surface area contributed by atoms with Crippen molar-refractivity contribution in [3.8, 4) is 11.3 Å². The summed E-state index contributed by atoms with van der Waals surface area (Å²) in [5.74, 6) is -0.804. The van der Waals surface area contributed by atoms with Crippen molar-refractivity contribution in [3.63, 3.8) is 0 Å². The molecule has 0 aromatic carbocycles. The first kappa shape index (κ1) is 9.51. The minimum atomic E-state index is -0.804. The summed E-state index contributed by atoms with van der Waals surface area (Å²) >= 11 is 0. The Morgan fingerprint density at radius 2 is 2.40 bits per heavy atom. The van der Waals surface area contributed by atoms with Crippen molar-refractivity contribution < 1.29 is 9.90 Å². The van der Waals surface area contributed by atoms with Crippen LogP contribution in [0.3, 0.4) is 0 Å². The second-order valence-electron chi connectivity index (χ2n) is 3.24. The zero-order chi connectivity index (χ0) is 10.7. The monoisotopic (exact) mass is 205 g/mol. The lowest BCUT2D eigenvalue weighted by Crippen LogP contribution is -1.98. The number of aromatic nitrogens is 3. The first-order valence-corrected chi connectivity index (χ1v) is 4.65. The van der Waals surface area contributed by atoms with Gasteiger partial charge in [0, 0.05) is 29.6 Å². The van der Waals surface area contributed by atoms with Crippen LogP contribution >= 0.6 is 0 Å². The van der Waals surface area contributed by atoms with Crippen LogP contribution in [0.1, 0.15) is 12.1 Å². The molecule has 78 valence electrons. The summed E-state index contributed by atoms with van der Waals surface area (Å²) in [6.45, 7) is 0. The molecule has 0 spiro atoms. The Balaban J connectivity index is 2.19. The number of H-pyrrole nitrogens is 2. The van der Waals surface area contributed by atoms with E-state index in [0.717, 1.165) is 17.0 Å². The molecule has 0 amide bonds. The van der Waals surface area contributed by atoms with E-state index < -0.39 is 5.97 Å². The Kier molecular flexibility index (Phi) is 2.53. The average molecular weight is 205 g/mol. The van der Waals surface area contributed by atoms with Gasteiger partial charge in [-0.15, -0.1) is 0 Å². The maximum atomic E-state index is 10.5. The van der Waals surface area contributed by atoms with Crippen LogP contribution < -0.4 is 0 Å². The first-order valence-electron chi connectivity index (χ1n) is 4.65. The van der Waals surface area contributed by atoms with E-state index in [1.807, 2.05) is 18.3 Å².